The first-order chi connectivity index (χ1) is 18.0. The molecule has 4 rings (SSSR count). The molecule has 9 nitrogen and oxygen atoms in total. The first-order valence-electron chi connectivity index (χ1n) is 12.3. The lowest BCUT2D eigenvalue weighted by molar-refractivity contribution is -0.139. The number of benzene rings is 1. The van der Waals surface area contributed by atoms with Crippen LogP contribution in [0, 0.1) is 5.82 Å². The van der Waals surface area contributed by atoms with Crippen LogP contribution in [0.15, 0.2) is 30.7 Å². The van der Waals surface area contributed by atoms with Gasteiger partial charge in [0.15, 0.2) is 0 Å². The highest BCUT2D eigenvalue weighted by Crippen LogP contribution is 2.36. The largest absolute Gasteiger partial charge is 0.419 e. The highest BCUT2D eigenvalue weighted by molar-refractivity contribution is 6.01. The Kier molecular flexibility index (Phi) is 7.86. The number of alkyl halides is 3. The van der Waals surface area contributed by atoms with E-state index >= 15 is 0 Å². The first-order valence-corrected chi connectivity index (χ1v) is 12.3. The van der Waals surface area contributed by atoms with Crippen molar-refractivity contribution < 1.29 is 22.4 Å². The summed E-state index contributed by atoms with van der Waals surface area (Å²) in [6, 6.07) is 3.18. The molecule has 1 fully saturated rings. The van der Waals surface area contributed by atoms with Crippen LogP contribution in [0.5, 0.6) is 0 Å². The Balaban J connectivity index is 1.61. The number of halogens is 4. The van der Waals surface area contributed by atoms with E-state index in [1.54, 1.807) is 6.20 Å². The van der Waals surface area contributed by atoms with E-state index in [0.717, 1.165) is 18.0 Å². The molecule has 3 aromatic rings. The minimum atomic E-state index is -4.81. The van der Waals surface area contributed by atoms with E-state index in [0.29, 0.717) is 50.5 Å². The van der Waals surface area contributed by atoms with Gasteiger partial charge < -0.3 is 26.3 Å². The molecule has 0 atom stereocenters. The number of primary amides is 1. The molecule has 0 radical (unpaired) electrons. The molecule has 1 saturated heterocycles. The maximum atomic E-state index is 13.9. The van der Waals surface area contributed by atoms with Crippen molar-refractivity contribution in [2.24, 2.45) is 5.73 Å². The summed E-state index contributed by atoms with van der Waals surface area (Å²) in [5.74, 6) is -0.913. The van der Waals surface area contributed by atoms with Gasteiger partial charge in [0, 0.05) is 49.9 Å². The van der Waals surface area contributed by atoms with E-state index in [9.17, 15) is 22.4 Å². The van der Waals surface area contributed by atoms with Crippen molar-refractivity contribution in [1.82, 2.24) is 24.8 Å². The van der Waals surface area contributed by atoms with Gasteiger partial charge in [-0.1, -0.05) is 13.8 Å². The molecule has 0 spiro atoms. The molecule has 0 unspecified atom stereocenters. The van der Waals surface area contributed by atoms with E-state index in [-0.39, 0.29) is 28.9 Å². The normalized spacial score (nSPS) is 14.9. The third kappa shape index (κ3) is 5.87. The van der Waals surface area contributed by atoms with Gasteiger partial charge in [-0.3, -0.25) is 4.79 Å². The van der Waals surface area contributed by atoms with Crippen molar-refractivity contribution in [3.05, 3.63) is 53.5 Å². The van der Waals surface area contributed by atoms with Crippen molar-refractivity contribution in [3.63, 3.8) is 0 Å². The lowest BCUT2D eigenvalue weighted by atomic mass is 9.95. The predicted octanol–water partition coefficient (Wildman–Crippen LogP) is 3.56. The number of nitrogens with zero attached hydrogens (tertiary/aromatic N) is 5. The van der Waals surface area contributed by atoms with Gasteiger partial charge in [0.2, 0.25) is 0 Å². The third-order valence-corrected chi connectivity index (χ3v) is 6.54. The highest BCUT2D eigenvalue weighted by Gasteiger charge is 2.35. The van der Waals surface area contributed by atoms with E-state index in [1.165, 1.54) is 12.4 Å². The molecular weight excluding hydrogens is 504 g/mol. The van der Waals surface area contributed by atoms with Crippen LogP contribution in [-0.2, 0) is 12.7 Å². The molecule has 38 heavy (non-hydrogen) atoms. The van der Waals surface area contributed by atoms with Gasteiger partial charge in [-0.05, 0) is 31.0 Å². The fourth-order valence-corrected chi connectivity index (χ4v) is 4.66. The van der Waals surface area contributed by atoms with Crippen LogP contribution in [0.2, 0.25) is 0 Å². The summed E-state index contributed by atoms with van der Waals surface area (Å²) in [6.45, 7) is 6.30. The summed E-state index contributed by atoms with van der Waals surface area (Å²) < 4.78 is 55.8. The van der Waals surface area contributed by atoms with Crippen LogP contribution >= 0.6 is 0 Å². The molecule has 1 amide bonds. The second-order valence-electron chi connectivity index (χ2n) is 9.56. The van der Waals surface area contributed by atoms with Gasteiger partial charge in [-0.15, -0.1) is 0 Å². The number of nitrogens with two attached hydrogens (primary N) is 2. The third-order valence-electron chi connectivity index (χ3n) is 6.54. The number of carbonyl (C=O) groups is 1. The number of piperidine rings is 1. The Morgan fingerprint density at radius 1 is 1.21 bits per heavy atom. The molecule has 3 heterocycles. The van der Waals surface area contributed by atoms with Crippen molar-refractivity contribution in [2.75, 3.05) is 30.3 Å². The van der Waals surface area contributed by atoms with Gasteiger partial charge in [0.25, 0.3) is 5.91 Å². The zero-order chi connectivity index (χ0) is 27.6. The summed E-state index contributed by atoms with van der Waals surface area (Å²) >= 11 is 0. The lowest BCUT2D eigenvalue weighted by Gasteiger charge is -2.33. The standard InChI is InChI=1S/C25H30F4N8O/c1-14(2)32-7-10-37-12-19(16-3-4-18(26)17(11-16)25(27,28)29)35-23(37)15-5-8-36(9-6-15)24-20(22(31)38)21(30)33-13-34-24/h3-4,11-15,32H,5-10H2,1-2H3,(H2,31,38)(H2,30,33,34). The van der Waals surface area contributed by atoms with Crippen molar-refractivity contribution >= 4 is 17.5 Å². The van der Waals surface area contributed by atoms with E-state index in [2.05, 4.69) is 15.3 Å². The average molecular weight is 535 g/mol. The van der Waals surface area contributed by atoms with Gasteiger partial charge in [0.05, 0.1) is 11.3 Å². The smallest absolute Gasteiger partial charge is 0.383 e. The van der Waals surface area contributed by atoms with E-state index in [1.807, 2.05) is 23.3 Å². The van der Waals surface area contributed by atoms with E-state index < -0.39 is 23.5 Å². The Labute approximate surface area is 217 Å². The molecule has 0 aliphatic carbocycles. The van der Waals surface area contributed by atoms with E-state index in [4.69, 9.17) is 16.5 Å². The van der Waals surface area contributed by atoms with Crippen LogP contribution in [0.25, 0.3) is 11.3 Å². The SMILES string of the molecule is CC(C)NCCn1cc(-c2ccc(F)c(C(F)(F)F)c2)nc1C1CCN(c2ncnc(N)c2C(N)=O)CC1. The number of hydrogen-bond acceptors (Lipinski definition) is 7. The molecule has 0 saturated carbocycles. The molecule has 204 valence electrons. The summed E-state index contributed by atoms with van der Waals surface area (Å²) in [4.78, 5) is 26.6. The number of hydrogen-bond donors (Lipinski definition) is 3. The van der Waals surface area contributed by atoms with Gasteiger partial charge in [-0.25, -0.2) is 19.3 Å². The Morgan fingerprint density at radius 3 is 2.55 bits per heavy atom. The number of nitrogen functional groups attached to an aromatic ring is 1. The fourth-order valence-electron chi connectivity index (χ4n) is 4.66. The first kappa shape index (κ1) is 27.3. The van der Waals surface area contributed by atoms with Gasteiger partial charge in [0.1, 0.15) is 35.2 Å². The van der Waals surface area contributed by atoms with Crippen molar-refractivity contribution in [3.8, 4) is 11.3 Å². The number of imidazole rings is 1. The summed E-state index contributed by atoms with van der Waals surface area (Å²) in [5, 5.41) is 3.34. The Bertz CT molecular complexity index is 1300. The number of rotatable bonds is 8. The minimum Gasteiger partial charge on any atom is -0.383 e. The number of nitrogens with one attached hydrogen (secondary N) is 1. The van der Waals surface area contributed by atoms with Crippen LogP contribution in [0.4, 0.5) is 29.2 Å². The molecule has 5 N–H and O–H groups in total. The predicted molar refractivity (Wildman–Crippen MR) is 135 cm³/mol. The monoisotopic (exact) mass is 534 g/mol. The summed E-state index contributed by atoms with van der Waals surface area (Å²) in [7, 11) is 0. The highest BCUT2D eigenvalue weighted by atomic mass is 19.4. The van der Waals surface area contributed by atoms with Gasteiger partial charge >= 0.3 is 6.18 Å². The molecule has 0 bridgehead atoms. The zero-order valence-corrected chi connectivity index (χ0v) is 21.1. The van der Waals surface area contributed by atoms with Crippen molar-refractivity contribution in [2.45, 2.75) is 51.4 Å². The summed E-state index contributed by atoms with van der Waals surface area (Å²) in [6.07, 6.45) is -0.524. The molecule has 1 aliphatic heterocycles. The number of anilines is 2. The number of aromatic nitrogens is 4. The number of amides is 1. The molecule has 2 aromatic heterocycles. The van der Waals surface area contributed by atoms with Crippen LogP contribution in [-0.4, -0.2) is 51.1 Å². The Morgan fingerprint density at radius 2 is 1.92 bits per heavy atom. The average Bonchev–Trinajstić information content (AvgIpc) is 3.27. The molecule has 1 aromatic carbocycles. The minimum absolute atomic E-state index is 0.00204. The maximum Gasteiger partial charge on any atom is 0.419 e. The van der Waals surface area contributed by atoms with Crippen LogP contribution < -0.4 is 21.7 Å². The number of carbonyl (C=O) groups excluding carboxylic acids is 1. The van der Waals surface area contributed by atoms with Gasteiger partial charge in [-0.2, -0.15) is 13.2 Å². The van der Waals surface area contributed by atoms with Crippen molar-refractivity contribution in [1.29, 1.82) is 0 Å². The molecule has 13 heteroatoms. The topological polar surface area (TPSA) is 128 Å². The lowest BCUT2D eigenvalue weighted by Crippen LogP contribution is -2.36. The van der Waals surface area contributed by atoms with Crippen LogP contribution in [0.3, 0.4) is 0 Å². The zero-order valence-electron chi connectivity index (χ0n) is 21.1. The molecule has 1 aliphatic rings. The summed E-state index contributed by atoms with van der Waals surface area (Å²) in [5.41, 5.74) is 10.6. The second-order valence-corrected chi connectivity index (χ2v) is 9.56. The maximum absolute atomic E-state index is 13.9. The van der Waals surface area contributed by atoms with Crippen LogP contribution in [0.1, 0.15) is 54.4 Å². The quantitative estimate of drug-likeness (QED) is 0.377. The molecular formula is C25H30F4N8O. The second kappa shape index (κ2) is 10.9. The fraction of sp³-hybridized carbons (Fsp3) is 0.440. The Hall–Kier alpha value is -3.74.